The number of fused-ring (bicyclic) bond motifs is 1. The molecular weight excluding hydrogens is 486 g/mol. The summed E-state index contributed by atoms with van der Waals surface area (Å²) in [6.07, 6.45) is 6.00. The Labute approximate surface area is 227 Å². The molecule has 1 saturated carbocycles. The number of phenols is 1. The summed E-state index contributed by atoms with van der Waals surface area (Å²) in [5.74, 6) is 0.612. The molecule has 5 aromatic rings. The summed E-state index contributed by atoms with van der Waals surface area (Å²) in [4.78, 5) is 27.6. The molecule has 0 saturated heterocycles. The van der Waals surface area contributed by atoms with Crippen LogP contribution in [0.1, 0.15) is 36.8 Å². The molecule has 0 spiro atoms. The maximum Gasteiger partial charge on any atom is 0.328 e. The maximum absolute atomic E-state index is 12.9. The number of phenolic OH excluding ortho intramolecular Hbond substituents is 1. The third kappa shape index (κ3) is 5.78. The number of nitrogens with zero attached hydrogens (tertiary/aromatic N) is 4. The highest BCUT2D eigenvalue weighted by Crippen LogP contribution is 2.31. The Morgan fingerprint density at radius 1 is 0.846 bits per heavy atom. The van der Waals surface area contributed by atoms with Crippen LogP contribution in [0.3, 0.4) is 0 Å². The van der Waals surface area contributed by atoms with Crippen LogP contribution >= 0.6 is 0 Å². The number of rotatable bonds is 8. The van der Waals surface area contributed by atoms with Crippen LogP contribution in [0.25, 0.3) is 22.6 Å². The van der Waals surface area contributed by atoms with Gasteiger partial charge in [-0.2, -0.15) is 0 Å². The average Bonchev–Trinajstić information content (AvgIpc) is 3.28. The van der Waals surface area contributed by atoms with Crippen molar-refractivity contribution in [1.29, 1.82) is 0 Å². The van der Waals surface area contributed by atoms with Gasteiger partial charge in [0, 0.05) is 31.2 Å². The molecule has 1 aliphatic rings. The summed E-state index contributed by atoms with van der Waals surface area (Å²) in [5, 5.41) is 9.62. The number of imidazole rings is 1. The number of hydrogen-bond donors (Lipinski definition) is 2. The van der Waals surface area contributed by atoms with E-state index in [2.05, 4.69) is 75.5 Å². The second-order valence-electron chi connectivity index (χ2n) is 10.6. The van der Waals surface area contributed by atoms with Crippen LogP contribution in [-0.2, 0) is 19.6 Å². The first kappa shape index (κ1) is 25.1. The van der Waals surface area contributed by atoms with Crippen molar-refractivity contribution in [3.8, 4) is 17.0 Å². The van der Waals surface area contributed by atoms with Gasteiger partial charge in [-0.15, -0.1) is 0 Å². The molecule has 7 nitrogen and oxygen atoms in total. The predicted molar refractivity (Wildman–Crippen MR) is 153 cm³/mol. The van der Waals surface area contributed by atoms with Crippen molar-refractivity contribution in [1.82, 2.24) is 24.4 Å². The zero-order chi connectivity index (χ0) is 26.6. The highest BCUT2D eigenvalue weighted by atomic mass is 16.3. The number of aromatic nitrogens is 4. The van der Waals surface area contributed by atoms with Crippen molar-refractivity contribution in [2.75, 3.05) is 0 Å². The Morgan fingerprint density at radius 2 is 1.46 bits per heavy atom. The third-order valence-electron chi connectivity index (χ3n) is 7.87. The Bertz CT molecular complexity index is 1530. The molecule has 2 heterocycles. The van der Waals surface area contributed by atoms with E-state index in [0.29, 0.717) is 35.5 Å². The minimum Gasteiger partial charge on any atom is -0.508 e. The van der Waals surface area contributed by atoms with E-state index >= 15 is 0 Å². The monoisotopic (exact) mass is 519 g/mol. The van der Waals surface area contributed by atoms with Crippen LogP contribution in [0.5, 0.6) is 5.75 Å². The van der Waals surface area contributed by atoms with Crippen molar-refractivity contribution >= 4 is 11.3 Å². The summed E-state index contributed by atoms with van der Waals surface area (Å²) < 4.78 is 1.75. The van der Waals surface area contributed by atoms with Crippen molar-refractivity contribution in [2.24, 2.45) is 5.92 Å². The molecule has 1 aliphatic carbocycles. The Hall–Kier alpha value is -4.23. The van der Waals surface area contributed by atoms with E-state index in [0.717, 1.165) is 44.3 Å². The molecule has 2 aromatic heterocycles. The zero-order valence-corrected chi connectivity index (χ0v) is 21.9. The first-order valence-electron chi connectivity index (χ1n) is 13.7. The lowest BCUT2D eigenvalue weighted by molar-refractivity contribution is 0.117. The van der Waals surface area contributed by atoms with E-state index in [1.165, 1.54) is 11.1 Å². The molecule has 198 valence electrons. The summed E-state index contributed by atoms with van der Waals surface area (Å²) in [6, 6.07) is 28.8. The molecule has 0 amide bonds. The summed E-state index contributed by atoms with van der Waals surface area (Å²) in [5.41, 5.74) is 5.13. The van der Waals surface area contributed by atoms with Crippen LogP contribution in [0.2, 0.25) is 0 Å². The quantitative estimate of drug-likeness (QED) is 0.272. The molecule has 0 bridgehead atoms. The van der Waals surface area contributed by atoms with Crippen LogP contribution in [0, 0.1) is 5.92 Å². The van der Waals surface area contributed by atoms with Gasteiger partial charge in [-0.1, -0.05) is 60.7 Å². The summed E-state index contributed by atoms with van der Waals surface area (Å²) >= 11 is 0. The van der Waals surface area contributed by atoms with Gasteiger partial charge in [0.1, 0.15) is 5.75 Å². The predicted octanol–water partition coefficient (Wildman–Crippen LogP) is 5.75. The molecule has 39 heavy (non-hydrogen) atoms. The van der Waals surface area contributed by atoms with Gasteiger partial charge in [-0.05, 0) is 67.0 Å². The molecule has 3 aromatic carbocycles. The van der Waals surface area contributed by atoms with E-state index < -0.39 is 0 Å². The maximum atomic E-state index is 12.9. The minimum absolute atomic E-state index is 0.162. The molecule has 0 unspecified atom stereocenters. The van der Waals surface area contributed by atoms with E-state index in [9.17, 15) is 9.90 Å². The number of nitrogens with one attached hydrogen (secondary N) is 1. The van der Waals surface area contributed by atoms with Gasteiger partial charge in [-0.3, -0.25) is 14.5 Å². The van der Waals surface area contributed by atoms with Gasteiger partial charge < -0.3 is 5.11 Å². The van der Waals surface area contributed by atoms with Gasteiger partial charge in [0.25, 0.3) is 0 Å². The van der Waals surface area contributed by atoms with Gasteiger partial charge in [0.05, 0.1) is 11.9 Å². The molecule has 1 fully saturated rings. The number of aromatic amines is 1. The lowest BCUT2D eigenvalue weighted by atomic mass is 9.85. The summed E-state index contributed by atoms with van der Waals surface area (Å²) in [6.45, 7) is 2.50. The third-order valence-corrected chi connectivity index (χ3v) is 7.87. The molecule has 0 radical (unpaired) electrons. The second kappa shape index (κ2) is 11.3. The van der Waals surface area contributed by atoms with Crippen LogP contribution in [0.4, 0.5) is 0 Å². The number of aromatic hydroxyl groups is 1. The van der Waals surface area contributed by atoms with E-state index in [1.807, 2.05) is 0 Å². The van der Waals surface area contributed by atoms with Crippen LogP contribution in [0.15, 0.2) is 95.9 Å². The lowest BCUT2D eigenvalue weighted by Crippen LogP contribution is -2.38. The Morgan fingerprint density at radius 3 is 2.08 bits per heavy atom. The van der Waals surface area contributed by atoms with Crippen LogP contribution < -0.4 is 5.69 Å². The molecule has 2 N–H and O–H groups in total. The van der Waals surface area contributed by atoms with Gasteiger partial charge in [-0.25, -0.2) is 14.8 Å². The highest BCUT2D eigenvalue weighted by molar-refractivity contribution is 5.71. The minimum atomic E-state index is -0.162. The molecule has 6 rings (SSSR count). The number of H-pyrrole nitrogens is 1. The van der Waals surface area contributed by atoms with Crippen molar-refractivity contribution in [2.45, 2.75) is 51.4 Å². The summed E-state index contributed by atoms with van der Waals surface area (Å²) in [7, 11) is 0. The number of hydrogen-bond acceptors (Lipinski definition) is 5. The SMILES string of the molecule is O=c1[nH]c2ncc(-c3ccc(O)cc3)nc2n1C[C@H]1CC[C@H](N(Cc2ccccc2)Cc2ccccc2)CC1. The van der Waals surface area contributed by atoms with Gasteiger partial charge >= 0.3 is 5.69 Å². The van der Waals surface area contributed by atoms with E-state index in [1.54, 1.807) is 35.0 Å². The fourth-order valence-electron chi connectivity index (χ4n) is 5.76. The molecular formula is C32H33N5O2. The topological polar surface area (TPSA) is 87.0 Å². The van der Waals surface area contributed by atoms with E-state index in [4.69, 9.17) is 4.98 Å². The van der Waals surface area contributed by atoms with Crippen LogP contribution in [-0.4, -0.2) is 35.6 Å². The second-order valence-corrected chi connectivity index (χ2v) is 10.6. The van der Waals surface area contributed by atoms with E-state index in [-0.39, 0.29) is 11.4 Å². The van der Waals surface area contributed by atoms with Crippen molar-refractivity contribution in [3.63, 3.8) is 0 Å². The largest absolute Gasteiger partial charge is 0.508 e. The van der Waals surface area contributed by atoms with Crippen molar-refractivity contribution in [3.05, 3.63) is 113 Å². The molecule has 0 aliphatic heterocycles. The molecule has 7 heteroatoms. The smallest absolute Gasteiger partial charge is 0.328 e. The number of benzene rings is 3. The fraction of sp³-hybridized carbons (Fsp3) is 0.281. The fourth-order valence-corrected chi connectivity index (χ4v) is 5.76. The average molecular weight is 520 g/mol. The Balaban J connectivity index is 1.17. The first-order chi connectivity index (χ1) is 19.1. The zero-order valence-electron chi connectivity index (χ0n) is 21.9. The standard InChI is InChI=1S/C32H33N5O2/c38-28-17-13-26(14-18-28)29-19-33-30-31(34-29)37(32(39)35-30)22-25-11-15-27(16-12-25)36(20-23-7-3-1-4-8-23)21-24-9-5-2-6-10-24/h1-10,13-14,17-19,25,27,38H,11-12,15-16,20-22H2,(H,33,35,39)/t25-,27-. The van der Waals surface area contributed by atoms with Crippen molar-refractivity contribution < 1.29 is 5.11 Å². The first-order valence-corrected chi connectivity index (χ1v) is 13.7. The normalized spacial score (nSPS) is 17.6. The Kier molecular flexibility index (Phi) is 7.23. The molecule has 0 atom stereocenters. The lowest BCUT2D eigenvalue weighted by Gasteiger charge is -2.37. The van der Waals surface area contributed by atoms with Gasteiger partial charge in [0.2, 0.25) is 0 Å². The highest BCUT2D eigenvalue weighted by Gasteiger charge is 2.27. The van der Waals surface area contributed by atoms with Gasteiger partial charge in [0.15, 0.2) is 11.3 Å².